The van der Waals surface area contributed by atoms with E-state index in [1.807, 2.05) is 18.2 Å². The van der Waals surface area contributed by atoms with Crippen molar-refractivity contribution < 1.29 is 0 Å². The highest BCUT2D eigenvalue weighted by atomic mass is 15.1. The van der Waals surface area contributed by atoms with Crippen LogP contribution in [0.1, 0.15) is 0 Å². The summed E-state index contributed by atoms with van der Waals surface area (Å²) in [6, 6.07) is 1.45. The molecule has 9 heavy (non-hydrogen) atoms. The van der Waals surface area contributed by atoms with Crippen molar-refractivity contribution in [3.8, 4) is 0 Å². The standard InChI is InChI=1S/C7H7N2/c1-2-4-7-6(3-1)8-5-9-7/h1-6H,(H,8,9). The lowest BCUT2D eigenvalue weighted by atomic mass is 10.1. The van der Waals surface area contributed by atoms with E-state index in [9.17, 15) is 0 Å². The van der Waals surface area contributed by atoms with Gasteiger partial charge in [-0.15, -0.1) is 0 Å². The van der Waals surface area contributed by atoms with Crippen molar-refractivity contribution in [1.82, 2.24) is 5.32 Å². The summed E-state index contributed by atoms with van der Waals surface area (Å²) in [4.78, 5) is 4.10. The van der Waals surface area contributed by atoms with Gasteiger partial charge >= 0.3 is 0 Å². The normalized spacial score (nSPS) is 30.4. The van der Waals surface area contributed by atoms with Crippen molar-refractivity contribution >= 4 is 6.34 Å². The first kappa shape index (κ1) is 4.79. The molecule has 1 unspecified atom stereocenters. The molecule has 1 aliphatic heterocycles. The Hall–Kier alpha value is -1.05. The van der Waals surface area contributed by atoms with E-state index in [0.717, 1.165) is 6.04 Å². The van der Waals surface area contributed by atoms with Crippen LogP contribution in [0.3, 0.4) is 0 Å². The van der Waals surface area contributed by atoms with Crippen LogP contribution in [0.5, 0.6) is 0 Å². The molecule has 0 aromatic carbocycles. The topological polar surface area (TPSA) is 24.4 Å². The zero-order valence-corrected chi connectivity index (χ0v) is 4.91. The maximum absolute atomic E-state index is 4.10. The van der Waals surface area contributed by atoms with Crippen molar-refractivity contribution in [1.29, 1.82) is 0 Å². The average Bonchev–Trinajstić information content (AvgIpc) is 2.33. The number of hydrogen-bond donors (Lipinski definition) is 1. The molecule has 1 N–H and O–H groups in total. The first-order valence-electron chi connectivity index (χ1n) is 2.97. The van der Waals surface area contributed by atoms with Gasteiger partial charge < -0.3 is 5.32 Å². The van der Waals surface area contributed by atoms with Gasteiger partial charge in [0.05, 0.1) is 12.4 Å². The first-order chi connectivity index (χ1) is 4.47. The third-order valence-corrected chi connectivity index (χ3v) is 1.47. The van der Waals surface area contributed by atoms with Gasteiger partial charge in [0.1, 0.15) is 6.04 Å². The van der Waals surface area contributed by atoms with Gasteiger partial charge in [0.25, 0.3) is 0 Å². The molecule has 2 heteroatoms. The van der Waals surface area contributed by atoms with Crippen molar-refractivity contribution in [3.63, 3.8) is 0 Å². The summed E-state index contributed by atoms with van der Waals surface area (Å²) in [6.07, 6.45) is 9.86. The molecule has 0 bridgehead atoms. The second-order valence-electron chi connectivity index (χ2n) is 2.07. The van der Waals surface area contributed by atoms with Gasteiger partial charge in [-0.3, -0.25) is 4.99 Å². The lowest BCUT2D eigenvalue weighted by Crippen LogP contribution is -2.24. The van der Waals surface area contributed by atoms with Gasteiger partial charge in [-0.05, 0) is 0 Å². The summed E-state index contributed by atoms with van der Waals surface area (Å²) in [5.41, 5.74) is 0. The quantitative estimate of drug-likeness (QED) is 0.497. The van der Waals surface area contributed by atoms with E-state index >= 15 is 0 Å². The van der Waals surface area contributed by atoms with Crippen LogP contribution in [0.4, 0.5) is 0 Å². The fraction of sp³-hybridized carbons (Fsp3) is 0.143. The fourth-order valence-corrected chi connectivity index (χ4v) is 0.988. The van der Waals surface area contributed by atoms with Crippen LogP contribution < -0.4 is 5.32 Å². The Morgan fingerprint density at radius 1 is 1.44 bits per heavy atom. The molecular weight excluding hydrogens is 112 g/mol. The number of aliphatic imine (C=N–C) groups is 1. The highest BCUT2D eigenvalue weighted by Crippen LogP contribution is 2.18. The van der Waals surface area contributed by atoms with Crippen molar-refractivity contribution in [2.45, 2.75) is 6.04 Å². The number of hydrogen-bond acceptors (Lipinski definition) is 2. The summed E-state index contributed by atoms with van der Waals surface area (Å²) >= 11 is 0. The Labute approximate surface area is 54.0 Å². The third kappa shape index (κ3) is 0.669. The van der Waals surface area contributed by atoms with E-state index in [1.165, 1.54) is 0 Å². The molecule has 0 saturated heterocycles. The van der Waals surface area contributed by atoms with Gasteiger partial charge in [-0.2, -0.15) is 0 Å². The Kier molecular flexibility index (Phi) is 0.918. The van der Waals surface area contributed by atoms with Gasteiger partial charge in [0, 0.05) is 0 Å². The largest absolute Gasteiger partial charge is 0.367 e. The predicted molar refractivity (Wildman–Crippen MR) is 36.9 cm³/mol. The summed E-state index contributed by atoms with van der Waals surface area (Å²) in [5, 5.41) is 3.09. The van der Waals surface area contributed by atoms with Crippen LogP contribution in [0.2, 0.25) is 0 Å². The summed E-state index contributed by atoms with van der Waals surface area (Å²) in [6.45, 7) is 0. The zero-order chi connectivity index (χ0) is 6.10. The monoisotopic (exact) mass is 119 g/mol. The SMILES string of the molecule is C1=C[C]2N=CNC2C=C1. The summed E-state index contributed by atoms with van der Waals surface area (Å²) in [5.74, 6) is 0. The molecule has 2 rings (SSSR count). The highest BCUT2D eigenvalue weighted by Gasteiger charge is 2.20. The van der Waals surface area contributed by atoms with Crippen LogP contribution >= 0.6 is 0 Å². The third-order valence-electron chi connectivity index (χ3n) is 1.47. The van der Waals surface area contributed by atoms with E-state index < -0.39 is 0 Å². The van der Waals surface area contributed by atoms with E-state index in [4.69, 9.17) is 0 Å². The molecular formula is C7H7N2. The van der Waals surface area contributed by atoms with Crippen molar-refractivity contribution in [2.24, 2.45) is 4.99 Å². The second kappa shape index (κ2) is 1.72. The van der Waals surface area contributed by atoms with Crippen LogP contribution in [-0.2, 0) is 0 Å². The van der Waals surface area contributed by atoms with E-state index in [-0.39, 0.29) is 0 Å². The lowest BCUT2D eigenvalue weighted by Gasteiger charge is -2.11. The number of rotatable bonds is 0. The second-order valence-corrected chi connectivity index (χ2v) is 2.07. The fourth-order valence-electron chi connectivity index (χ4n) is 0.988. The summed E-state index contributed by atoms with van der Waals surface area (Å²) in [7, 11) is 0. The molecule has 1 heterocycles. The van der Waals surface area contributed by atoms with Gasteiger partial charge in [-0.25, -0.2) is 0 Å². The molecule has 2 nitrogen and oxygen atoms in total. The molecule has 0 fully saturated rings. The molecule has 0 aromatic heterocycles. The molecule has 45 valence electrons. The number of fused-ring (bicyclic) bond motifs is 1. The first-order valence-corrected chi connectivity index (χ1v) is 2.97. The van der Waals surface area contributed by atoms with Crippen LogP contribution in [-0.4, -0.2) is 12.4 Å². The molecule has 0 spiro atoms. The van der Waals surface area contributed by atoms with Crippen molar-refractivity contribution in [3.05, 3.63) is 30.3 Å². The minimum absolute atomic E-state index is 0.343. The summed E-state index contributed by atoms with van der Waals surface area (Å²) < 4.78 is 0. The highest BCUT2D eigenvalue weighted by molar-refractivity contribution is 5.63. The average molecular weight is 119 g/mol. The molecule has 1 radical (unpaired) electrons. The molecule has 0 saturated carbocycles. The lowest BCUT2D eigenvalue weighted by molar-refractivity contribution is 0.811. The Bertz CT molecular complexity index is 191. The maximum atomic E-state index is 4.10. The molecule has 1 atom stereocenters. The Balaban J connectivity index is 2.25. The van der Waals surface area contributed by atoms with Gasteiger partial charge in [-0.1, -0.05) is 24.3 Å². The molecule has 0 amide bonds. The zero-order valence-electron chi connectivity index (χ0n) is 4.91. The van der Waals surface area contributed by atoms with Crippen molar-refractivity contribution in [2.75, 3.05) is 0 Å². The predicted octanol–water partition coefficient (Wildman–Crippen LogP) is 0.644. The number of allylic oxidation sites excluding steroid dienone is 2. The number of nitrogens with zero attached hydrogens (tertiary/aromatic N) is 1. The van der Waals surface area contributed by atoms with E-state index in [2.05, 4.69) is 16.4 Å². The molecule has 1 aliphatic carbocycles. The minimum Gasteiger partial charge on any atom is -0.367 e. The Morgan fingerprint density at radius 3 is 3.33 bits per heavy atom. The van der Waals surface area contributed by atoms with Crippen LogP contribution in [0, 0.1) is 6.04 Å². The van der Waals surface area contributed by atoms with Gasteiger partial charge in [0.15, 0.2) is 0 Å². The smallest absolute Gasteiger partial charge is 0.135 e. The van der Waals surface area contributed by atoms with E-state index in [0.29, 0.717) is 6.04 Å². The Morgan fingerprint density at radius 2 is 2.44 bits per heavy atom. The van der Waals surface area contributed by atoms with Gasteiger partial charge in [0.2, 0.25) is 0 Å². The maximum Gasteiger partial charge on any atom is 0.135 e. The number of nitrogens with one attached hydrogen (secondary N) is 1. The van der Waals surface area contributed by atoms with Crippen LogP contribution in [0.25, 0.3) is 0 Å². The molecule has 0 aromatic rings. The minimum atomic E-state index is 0.343. The molecule has 2 aliphatic rings. The van der Waals surface area contributed by atoms with E-state index in [1.54, 1.807) is 6.34 Å². The van der Waals surface area contributed by atoms with Crippen LogP contribution in [0.15, 0.2) is 29.3 Å².